The summed E-state index contributed by atoms with van der Waals surface area (Å²) in [7, 11) is 0. The van der Waals surface area contributed by atoms with E-state index in [1.807, 2.05) is 13.0 Å². The average Bonchev–Trinajstić information content (AvgIpc) is 2.63. The van der Waals surface area contributed by atoms with Gasteiger partial charge in [0.2, 0.25) is 0 Å². The van der Waals surface area contributed by atoms with Gasteiger partial charge in [0.05, 0.1) is 6.10 Å². The second-order valence-corrected chi connectivity index (χ2v) is 7.80. The van der Waals surface area contributed by atoms with E-state index in [1.165, 1.54) is 0 Å². The molecule has 0 fully saturated rings. The van der Waals surface area contributed by atoms with Crippen molar-refractivity contribution in [2.75, 3.05) is 11.9 Å². The summed E-state index contributed by atoms with van der Waals surface area (Å²) in [5.41, 5.74) is 1.21. The quantitative estimate of drug-likeness (QED) is 0.436. The molecule has 2 aromatic rings. The molecule has 0 heterocycles. The topological polar surface area (TPSA) is 102 Å². The van der Waals surface area contributed by atoms with Crippen molar-refractivity contribution in [1.82, 2.24) is 5.32 Å². The summed E-state index contributed by atoms with van der Waals surface area (Å²) in [4.78, 5) is 11.2. The van der Waals surface area contributed by atoms with Crippen molar-refractivity contribution in [3.8, 4) is 5.75 Å². The molecule has 0 aliphatic carbocycles. The van der Waals surface area contributed by atoms with Crippen LogP contribution in [0.25, 0.3) is 0 Å². The van der Waals surface area contributed by atoms with Gasteiger partial charge in [-0.15, -0.1) is 0 Å². The molecule has 0 saturated heterocycles. The Morgan fingerprint density at radius 1 is 1.18 bits per heavy atom. The predicted molar refractivity (Wildman–Crippen MR) is 111 cm³/mol. The van der Waals surface area contributed by atoms with Crippen LogP contribution in [0.2, 0.25) is 5.02 Å². The van der Waals surface area contributed by atoms with Gasteiger partial charge in [0, 0.05) is 16.8 Å². The fourth-order valence-corrected chi connectivity index (χ4v) is 3.02. The Bertz CT molecular complexity index is 809. The molecule has 2 aromatic carbocycles. The number of nitrogens with one attached hydrogen (secondary N) is 2. The van der Waals surface area contributed by atoms with Crippen molar-refractivity contribution in [1.29, 1.82) is 0 Å². The molecule has 5 N–H and O–H groups in total. The van der Waals surface area contributed by atoms with Gasteiger partial charge in [-0.3, -0.25) is 0 Å². The second kappa shape index (κ2) is 9.28. The minimum Gasteiger partial charge on any atom is -0.508 e. The van der Waals surface area contributed by atoms with E-state index in [0.29, 0.717) is 23.7 Å². The highest BCUT2D eigenvalue weighted by atomic mass is 35.5. The lowest BCUT2D eigenvalue weighted by atomic mass is 10.0. The molecule has 152 valence electrons. The molecular weight excluding hydrogens is 380 g/mol. The van der Waals surface area contributed by atoms with Gasteiger partial charge in [0.15, 0.2) is 0 Å². The van der Waals surface area contributed by atoms with Crippen molar-refractivity contribution in [3.63, 3.8) is 0 Å². The van der Waals surface area contributed by atoms with Gasteiger partial charge in [-0.25, -0.2) is 4.79 Å². The fraction of sp³-hybridized carbons (Fsp3) is 0.381. The highest BCUT2D eigenvalue weighted by Crippen LogP contribution is 2.24. The first-order valence-electron chi connectivity index (χ1n) is 9.10. The van der Waals surface area contributed by atoms with Crippen LogP contribution in [0.15, 0.2) is 42.5 Å². The molecule has 0 saturated carbocycles. The van der Waals surface area contributed by atoms with Gasteiger partial charge in [0.1, 0.15) is 11.3 Å². The number of hydrogen-bond donors (Lipinski definition) is 5. The molecule has 2 atom stereocenters. The maximum Gasteiger partial charge on any atom is 0.328 e. The van der Waals surface area contributed by atoms with E-state index in [4.69, 9.17) is 11.6 Å². The number of benzene rings is 2. The molecule has 0 aromatic heterocycles. The lowest BCUT2D eigenvalue weighted by molar-refractivity contribution is -0.141. The van der Waals surface area contributed by atoms with Crippen molar-refractivity contribution < 1.29 is 20.1 Å². The molecule has 0 spiro atoms. The number of carboxylic acids is 1. The number of anilines is 1. The first kappa shape index (κ1) is 22.0. The molecule has 6 nitrogen and oxygen atoms in total. The molecule has 0 aliphatic rings. The van der Waals surface area contributed by atoms with E-state index < -0.39 is 17.6 Å². The number of carbonyl (C=O) groups is 1. The van der Waals surface area contributed by atoms with E-state index in [2.05, 4.69) is 10.6 Å². The van der Waals surface area contributed by atoms with Gasteiger partial charge < -0.3 is 26.0 Å². The summed E-state index contributed by atoms with van der Waals surface area (Å²) in [6.07, 6.45) is -0.0328. The van der Waals surface area contributed by atoms with Crippen LogP contribution in [-0.2, 0) is 11.2 Å². The number of halogens is 1. The van der Waals surface area contributed by atoms with E-state index in [0.717, 1.165) is 11.1 Å². The first-order valence-corrected chi connectivity index (χ1v) is 9.48. The highest BCUT2D eigenvalue weighted by Gasteiger charge is 2.26. The average molecular weight is 407 g/mol. The Morgan fingerprint density at radius 2 is 1.82 bits per heavy atom. The molecule has 0 radical (unpaired) electrons. The normalized spacial score (nSPS) is 13.8. The summed E-state index contributed by atoms with van der Waals surface area (Å²) in [5.74, 6) is -0.783. The standard InChI is InChI=1S/C21H27ClN2O4/c1-13(19(26)15-5-8-17(25)9-6-15)23-11-10-14-4-7-16(12-18(14)22)24-21(2,3)20(27)28/h4-9,12-13,19,23-26H,10-11H2,1-3H3,(H,27,28)/t13-,19-/m0/s1. The van der Waals surface area contributed by atoms with Gasteiger partial charge in [-0.2, -0.15) is 0 Å². The number of aliphatic carboxylic acids is 1. The SMILES string of the molecule is C[C@H](NCCc1ccc(NC(C)(C)C(=O)O)cc1Cl)[C@H](O)c1ccc(O)cc1. The Balaban J connectivity index is 1.90. The Labute approximate surface area is 170 Å². The van der Waals surface area contributed by atoms with Gasteiger partial charge in [-0.1, -0.05) is 29.8 Å². The molecule has 0 aliphatic heterocycles. The molecule has 0 bridgehead atoms. The second-order valence-electron chi connectivity index (χ2n) is 7.39. The van der Waals surface area contributed by atoms with Crippen LogP contribution in [0.5, 0.6) is 5.75 Å². The van der Waals surface area contributed by atoms with Gasteiger partial charge in [-0.05, 0) is 69.1 Å². The minimum absolute atomic E-state index is 0.163. The maximum absolute atomic E-state index is 11.2. The van der Waals surface area contributed by atoms with Crippen LogP contribution in [0.1, 0.15) is 38.0 Å². The lowest BCUT2D eigenvalue weighted by Crippen LogP contribution is -2.39. The van der Waals surface area contributed by atoms with Crippen LogP contribution >= 0.6 is 11.6 Å². The van der Waals surface area contributed by atoms with Crippen molar-refractivity contribution in [3.05, 3.63) is 58.6 Å². The third kappa shape index (κ3) is 5.86. The number of aromatic hydroxyl groups is 1. The predicted octanol–water partition coefficient (Wildman–Crippen LogP) is 3.57. The Morgan fingerprint density at radius 3 is 2.39 bits per heavy atom. The van der Waals surface area contributed by atoms with E-state index in [-0.39, 0.29) is 11.8 Å². The van der Waals surface area contributed by atoms with E-state index in [9.17, 15) is 20.1 Å². The minimum atomic E-state index is -1.09. The number of rotatable bonds is 9. The Hall–Kier alpha value is -2.28. The van der Waals surface area contributed by atoms with Crippen LogP contribution < -0.4 is 10.6 Å². The zero-order valence-corrected chi connectivity index (χ0v) is 17.0. The number of hydrogen-bond acceptors (Lipinski definition) is 5. The summed E-state index contributed by atoms with van der Waals surface area (Å²) in [5, 5.41) is 35.7. The molecule has 7 heteroatoms. The van der Waals surface area contributed by atoms with Crippen molar-refractivity contribution in [2.45, 2.75) is 44.9 Å². The third-order valence-corrected chi connectivity index (χ3v) is 4.97. The van der Waals surface area contributed by atoms with Gasteiger partial charge in [0.25, 0.3) is 0 Å². The smallest absolute Gasteiger partial charge is 0.328 e. The molecule has 0 unspecified atom stereocenters. The summed E-state index contributed by atoms with van der Waals surface area (Å²) in [6.45, 7) is 5.67. The van der Waals surface area contributed by atoms with Crippen LogP contribution in [0, 0.1) is 0 Å². The highest BCUT2D eigenvalue weighted by molar-refractivity contribution is 6.31. The Kier molecular flexibility index (Phi) is 7.29. The summed E-state index contributed by atoms with van der Waals surface area (Å²) in [6, 6.07) is 11.7. The first-order chi connectivity index (χ1) is 13.1. The number of phenolic OH excluding ortho intramolecular Hbond substituents is 1. The van der Waals surface area contributed by atoms with Crippen molar-refractivity contribution in [2.24, 2.45) is 0 Å². The van der Waals surface area contributed by atoms with Crippen LogP contribution in [0.3, 0.4) is 0 Å². The lowest BCUT2D eigenvalue weighted by Gasteiger charge is -2.23. The molecule has 2 rings (SSSR count). The van der Waals surface area contributed by atoms with Gasteiger partial charge >= 0.3 is 5.97 Å². The number of carboxylic acid groups (broad SMARTS) is 1. The van der Waals surface area contributed by atoms with E-state index >= 15 is 0 Å². The molecular formula is C21H27ClN2O4. The zero-order chi connectivity index (χ0) is 20.9. The maximum atomic E-state index is 11.2. The number of phenols is 1. The molecule has 28 heavy (non-hydrogen) atoms. The fourth-order valence-electron chi connectivity index (χ4n) is 2.75. The van der Waals surface area contributed by atoms with Crippen LogP contribution in [0.4, 0.5) is 5.69 Å². The number of aliphatic hydroxyl groups excluding tert-OH is 1. The van der Waals surface area contributed by atoms with E-state index in [1.54, 1.807) is 50.2 Å². The monoisotopic (exact) mass is 406 g/mol. The zero-order valence-electron chi connectivity index (χ0n) is 16.2. The summed E-state index contributed by atoms with van der Waals surface area (Å²) < 4.78 is 0. The molecule has 0 amide bonds. The van der Waals surface area contributed by atoms with Crippen molar-refractivity contribution >= 4 is 23.3 Å². The van der Waals surface area contributed by atoms with Crippen LogP contribution in [-0.4, -0.2) is 39.4 Å². The largest absolute Gasteiger partial charge is 0.508 e. The third-order valence-electron chi connectivity index (χ3n) is 4.61. The number of aliphatic hydroxyl groups is 1. The summed E-state index contributed by atoms with van der Waals surface area (Å²) >= 11 is 6.34.